The number of pyridine rings is 2. The van der Waals surface area contributed by atoms with E-state index in [1.165, 1.54) is 12.3 Å². The Morgan fingerprint density at radius 3 is 2.76 bits per heavy atom. The number of amides is 1. The van der Waals surface area contributed by atoms with E-state index in [1.54, 1.807) is 12.1 Å². The summed E-state index contributed by atoms with van der Waals surface area (Å²) in [5.41, 5.74) is 0.0909. The van der Waals surface area contributed by atoms with E-state index in [9.17, 15) is 9.18 Å². The van der Waals surface area contributed by atoms with Crippen LogP contribution >= 0.6 is 11.6 Å². The molecular formula is C11H7ClFN3O. The first-order valence-electron chi connectivity index (χ1n) is 4.70. The summed E-state index contributed by atoms with van der Waals surface area (Å²) in [6, 6.07) is 5.68. The predicted molar refractivity (Wildman–Crippen MR) is 61.4 cm³/mol. The molecule has 0 bridgehead atoms. The highest BCUT2D eigenvalue weighted by atomic mass is 35.5. The molecule has 2 heterocycles. The van der Waals surface area contributed by atoms with E-state index >= 15 is 0 Å². The Bertz CT molecular complexity index is 545. The van der Waals surface area contributed by atoms with Crippen molar-refractivity contribution in [2.45, 2.75) is 0 Å². The summed E-state index contributed by atoms with van der Waals surface area (Å²) in [4.78, 5) is 19.2. The summed E-state index contributed by atoms with van der Waals surface area (Å²) in [6.07, 6.45) is 2.47. The highest BCUT2D eigenvalue weighted by Gasteiger charge is 2.10. The topological polar surface area (TPSA) is 54.9 Å². The molecule has 0 unspecified atom stereocenters. The van der Waals surface area contributed by atoms with Gasteiger partial charge >= 0.3 is 0 Å². The lowest BCUT2D eigenvalue weighted by molar-refractivity contribution is 0.102. The molecule has 0 spiro atoms. The maximum absolute atomic E-state index is 12.6. The minimum absolute atomic E-state index is 0.0909. The second-order valence-electron chi connectivity index (χ2n) is 3.15. The summed E-state index contributed by atoms with van der Waals surface area (Å²) in [5, 5.41) is 2.80. The molecule has 1 N–H and O–H groups in total. The van der Waals surface area contributed by atoms with Crippen molar-refractivity contribution in [1.29, 1.82) is 0 Å². The van der Waals surface area contributed by atoms with Crippen molar-refractivity contribution in [3.05, 3.63) is 53.2 Å². The van der Waals surface area contributed by atoms with Crippen LogP contribution in [0.5, 0.6) is 0 Å². The Kier molecular flexibility index (Phi) is 3.30. The summed E-state index contributed by atoms with van der Waals surface area (Å²) in [5.74, 6) is -0.756. The van der Waals surface area contributed by atoms with Crippen molar-refractivity contribution >= 4 is 23.3 Å². The van der Waals surface area contributed by atoms with Crippen LogP contribution in [-0.4, -0.2) is 15.9 Å². The van der Waals surface area contributed by atoms with Crippen molar-refractivity contribution in [2.75, 3.05) is 5.32 Å². The van der Waals surface area contributed by atoms with E-state index in [2.05, 4.69) is 15.3 Å². The van der Waals surface area contributed by atoms with Crippen LogP contribution in [-0.2, 0) is 0 Å². The van der Waals surface area contributed by atoms with Gasteiger partial charge in [-0.05, 0) is 24.3 Å². The smallest absolute Gasteiger partial charge is 0.275 e. The Hall–Kier alpha value is -2.01. The normalized spacial score (nSPS) is 10.0. The molecule has 0 atom stereocenters. The fourth-order valence-electron chi connectivity index (χ4n) is 1.16. The SMILES string of the molecule is O=C(Nc1ncccc1Cl)c1ccc(F)cn1. The number of hydrogen-bond donors (Lipinski definition) is 1. The molecule has 0 fully saturated rings. The van der Waals surface area contributed by atoms with Gasteiger partial charge in [0.15, 0.2) is 5.82 Å². The summed E-state index contributed by atoms with van der Waals surface area (Å²) < 4.78 is 12.6. The van der Waals surface area contributed by atoms with Crippen LogP contribution in [0, 0.1) is 5.82 Å². The molecule has 0 aliphatic carbocycles. The minimum atomic E-state index is -0.502. The molecule has 6 heteroatoms. The van der Waals surface area contributed by atoms with Crippen molar-refractivity contribution in [3.8, 4) is 0 Å². The first-order valence-corrected chi connectivity index (χ1v) is 5.08. The van der Waals surface area contributed by atoms with E-state index in [-0.39, 0.29) is 11.5 Å². The van der Waals surface area contributed by atoms with Gasteiger partial charge < -0.3 is 5.32 Å². The largest absolute Gasteiger partial charge is 0.304 e. The number of anilines is 1. The first kappa shape index (κ1) is 11.5. The fraction of sp³-hybridized carbons (Fsp3) is 0. The van der Waals surface area contributed by atoms with E-state index in [4.69, 9.17) is 11.6 Å². The van der Waals surface area contributed by atoms with E-state index in [0.29, 0.717) is 5.02 Å². The summed E-state index contributed by atoms with van der Waals surface area (Å²) in [6.45, 7) is 0. The number of halogens is 2. The second kappa shape index (κ2) is 4.88. The maximum atomic E-state index is 12.6. The van der Waals surface area contributed by atoms with Crippen LogP contribution in [0.3, 0.4) is 0 Å². The molecule has 0 radical (unpaired) electrons. The molecule has 0 saturated carbocycles. The first-order chi connectivity index (χ1) is 8.16. The number of rotatable bonds is 2. The lowest BCUT2D eigenvalue weighted by atomic mass is 10.3. The predicted octanol–water partition coefficient (Wildman–Crippen LogP) is 2.52. The minimum Gasteiger partial charge on any atom is -0.304 e. The Morgan fingerprint density at radius 1 is 1.29 bits per heavy atom. The van der Waals surface area contributed by atoms with Gasteiger partial charge in [0.1, 0.15) is 11.5 Å². The molecule has 86 valence electrons. The van der Waals surface area contributed by atoms with Gasteiger partial charge in [-0.15, -0.1) is 0 Å². The Morgan fingerprint density at radius 2 is 2.12 bits per heavy atom. The zero-order valence-electron chi connectivity index (χ0n) is 8.52. The second-order valence-corrected chi connectivity index (χ2v) is 3.56. The average molecular weight is 252 g/mol. The van der Waals surface area contributed by atoms with Gasteiger partial charge in [0.25, 0.3) is 5.91 Å². The van der Waals surface area contributed by atoms with Gasteiger partial charge in [-0.25, -0.2) is 14.4 Å². The lowest BCUT2D eigenvalue weighted by Crippen LogP contribution is -2.14. The van der Waals surface area contributed by atoms with Gasteiger partial charge in [-0.3, -0.25) is 4.79 Å². The Labute approximate surface area is 101 Å². The van der Waals surface area contributed by atoms with Gasteiger partial charge in [0.2, 0.25) is 0 Å². The molecule has 2 aromatic heterocycles. The molecule has 0 aliphatic rings. The molecule has 0 saturated heterocycles. The van der Waals surface area contributed by atoms with Crippen LogP contribution in [0.2, 0.25) is 5.02 Å². The van der Waals surface area contributed by atoms with Crippen LogP contribution in [0.25, 0.3) is 0 Å². The zero-order valence-corrected chi connectivity index (χ0v) is 9.28. The van der Waals surface area contributed by atoms with E-state index in [1.807, 2.05) is 0 Å². The van der Waals surface area contributed by atoms with Crippen LogP contribution in [0.15, 0.2) is 36.7 Å². The monoisotopic (exact) mass is 251 g/mol. The third-order valence-corrected chi connectivity index (χ3v) is 2.26. The molecule has 4 nitrogen and oxygen atoms in total. The van der Waals surface area contributed by atoms with Crippen LogP contribution in [0.4, 0.5) is 10.2 Å². The molecule has 2 aromatic rings. The number of carbonyl (C=O) groups excluding carboxylic acids is 1. The standard InChI is InChI=1S/C11H7ClFN3O/c12-8-2-1-5-14-10(8)16-11(17)9-4-3-7(13)6-15-9/h1-6H,(H,14,16,17). The van der Waals surface area contributed by atoms with Crippen LogP contribution < -0.4 is 5.32 Å². The van der Waals surface area contributed by atoms with Crippen molar-refractivity contribution in [3.63, 3.8) is 0 Å². The molecule has 17 heavy (non-hydrogen) atoms. The highest BCUT2D eigenvalue weighted by molar-refractivity contribution is 6.33. The van der Waals surface area contributed by atoms with Crippen molar-refractivity contribution in [2.24, 2.45) is 0 Å². The number of nitrogens with one attached hydrogen (secondary N) is 1. The quantitative estimate of drug-likeness (QED) is 0.892. The Balaban J connectivity index is 2.17. The number of nitrogens with zero attached hydrogens (tertiary/aromatic N) is 2. The summed E-state index contributed by atoms with van der Waals surface area (Å²) >= 11 is 5.82. The summed E-state index contributed by atoms with van der Waals surface area (Å²) in [7, 11) is 0. The molecule has 0 aromatic carbocycles. The lowest BCUT2D eigenvalue weighted by Gasteiger charge is -2.04. The van der Waals surface area contributed by atoms with Gasteiger partial charge in [-0.1, -0.05) is 11.6 Å². The molecule has 1 amide bonds. The van der Waals surface area contributed by atoms with Gasteiger partial charge in [-0.2, -0.15) is 0 Å². The zero-order chi connectivity index (χ0) is 12.3. The van der Waals surface area contributed by atoms with Gasteiger partial charge in [0.05, 0.1) is 11.2 Å². The van der Waals surface area contributed by atoms with Crippen molar-refractivity contribution in [1.82, 2.24) is 9.97 Å². The maximum Gasteiger partial charge on any atom is 0.275 e. The van der Waals surface area contributed by atoms with Gasteiger partial charge in [0, 0.05) is 6.20 Å². The van der Waals surface area contributed by atoms with E-state index < -0.39 is 11.7 Å². The number of hydrogen-bond acceptors (Lipinski definition) is 3. The van der Waals surface area contributed by atoms with Crippen molar-refractivity contribution < 1.29 is 9.18 Å². The fourth-order valence-corrected chi connectivity index (χ4v) is 1.33. The molecular weight excluding hydrogens is 245 g/mol. The van der Waals surface area contributed by atoms with Crippen LogP contribution in [0.1, 0.15) is 10.5 Å². The third kappa shape index (κ3) is 2.76. The van der Waals surface area contributed by atoms with E-state index in [0.717, 1.165) is 12.3 Å². The molecule has 0 aliphatic heterocycles. The molecule has 2 rings (SSSR count). The average Bonchev–Trinajstić information content (AvgIpc) is 2.33. The number of carbonyl (C=O) groups is 1. The number of aromatic nitrogens is 2. The third-order valence-electron chi connectivity index (χ3n) is 1.95. The highest BCUT2D eigenvalue weighted by Crippen LogP contribution is 2.17.